The standard InChI is InChI=1S/C19H29N5O2S/c1-12-6-3-7-14(13(12)2)20-17(26)15-8-4-10-23(15)18-21-22-19(27-18)24-11-5-9-16(24)25/h12-15H,3-11H2,1-2H3,(H,20,26)/t12-,13+,14+,15+/m1/s1. The molecule has 3 fully saturated rings. The molecule has 27 heavy (non-hydrogen) atoms. The molecule has 148 valence electrons. The van der Waals surface area contributed by atoms with E-state index in [0.717, 1.165) is 43.9 Å². The van der Waals surface area contributed by atoms with Gasteiger partial charge in [0.05, 0.1) is 0 Å². The van der Waals surface area contributed by atoms with Gasteiger partial charge in [0.2, 0.25) is 22.1 Å². The highest BCUT2D eigenvalue weighted by Gasteiger charge is 2.36. The van der Waals surface area contributed by atoms with Crippen LogP contribution in [0.25, 0.3) is 0 Å². The molecule has 0 radical (unpaired) electrons. The molecule has 1 aromatic heterocycles. The van der Waals surface area contributed by atoms with Crippen LogP contribution in [0.2, 0.25) is 0 Å². The molecular formula is C19H29N5O2S. The summed E-state index contributed by atoms with van der Waals surface area (Å²) in [6.07, 6.45) is 6.80. The topological polar surface area (TPSA) is 78.4 Å². The molecule has 3 heterocycles. The second kappa shape index (κ2) is 7.73. The second-order valence-electron chi connectivity index (χ2n) is 8.25. The summed E-state index contributed by atoms with van der Waals surface area (Å²) in [5.41, 5.74) is 0. The van der Waals surface area contributed by atoms with Crippen molar-refractivity contribution in [3.05, 3.63) is 0 Å². The van der Waals surface area contributed by atoms with E-state index in [1.54, 1.807) is 4.90 Å². The maximum Gasteiger partial charge on any atom is 0.243 e. The lowest BCUT2D eigenvalue weighted by Gasteiger charge is -2.36. The third kappa shape index (κ3) is 3.68. The summed E-state index contributed by atoms with van der Waals surface area (Å²) >= 11 is 1.43. The third-order valence-corrected chi connectivity index (χ3v) is 7.53. The maximum absolute atomic E-state index is 13.0. The second-order valence-corrected chi connectivity index (χ2v) is 9.18. The third-order valence-electron chi connectivity index (χ3n) is 6.54. The largest absolute Gasteiger partial charge is 0.351 e. The number of nitrogens with one attached hydrogen (secondary N) is 1. The van der Waals surface area contributed by atoms with Gasteiger partial charge in [0, 0.05) is 25.6 Å². The van der Waals surface area contributed by atoms with Gasteiger partial charge in [-0.05, 0) is 37.5 Å². The zero-order chi connectivity index (χ0) is 19.0. The van der Waals surface area contributed by atoms with Crippen LogP contribution in [0.15, 0.2) is 0 Å². The van der Waals surface area contributed by atoms with E-state index in [1.165, 1.54) is 24.2 Å². The summed E-state index contributed by atoms with van der Waals surface area (Å²) in [5, 5.41) is 13.3. The number of anilines is 2. The molecule has 1 saturated carbocycles. The van der Waals surface area contributed by atoms with Crippen LogP contribution in [-0.2, 0) is 9.59 Å². The molecule has 0 aromatic carbocycles. The predicted molar refractivity (Wildman–Crippen MR) is 106 cm³/mol. The molecule has 1 aromatic rings. The lowest BCUT2D eigenvalue weighted by molar-refractivity contribution is -0.123. The quantitative estimate of drug-likeness (QED) is 0.853. The molecule has 1 N–H and O–H groups in total. The van der Waals surface area contributed by atoms with Crippen molar-refractivity contribution in [1.29, 1.82) is 0 Å². The highest BCUT2D eigenvalue weighted by molar-refractivity contribution is 7.19. The fourth-order valence-corrected chi connectivity index (χ4v) is 5.58. The Morgan fingerprint density at radius 3 is 2.67 bits per heavy atom. The fourth-order valence-electron chi connectivity index (χ4n) is 4.62. The molecule has 3 aliphatic rings. The minimum Gasteiger partial charge on any atom is -0.351 e. The molecule has 4 rings (SSSR count). The van der Waals surface area contributed by atoms with Gasteiger partial charge < -0.3 is 10.2 Å². The van der Waals surface area contributed by atoms with Gasteiger partial charge >= 0.3 is 0 Å². The van der Waals surface area contributed by atoms with Crippen LogP contribution >= 0.6 is 11.3 Å². The molecule has 4 atom stereocenters. The van der Waals surface area contributed by atoms with E-state index >= 15 is 0 Å². The van der Waals surface area contributed by atoms with Gasteiger partial charge in [0.15, 0.2) is 0 Å². The summed E-state index contributed by atoms with van der Waals surface area (Å²) in [5.74, 6) is 1.42. The summed E-state index contributed by atoms with van der Waals surface area (Å²) < 4.78 is 0. The van der Waals surface area contributed by atoms with Gasteiger partial charge in [-0.2, -0.15) is 0 Å². The molecular weight excluding hydrogens is 362 g/mol. The molecule has 1 aliphatic carbocycles. The van der Waals surface area contributed by atoms with Crippen molar-refractivity contribution in [2.75, 3.05) is 22.9 Å². The van der Waals surface area contributed by atoms with Gasteiger partial charge in [-0.25, -0.2) is 0 Å². The Hall–Kier alpha value is -1.70. The lowest BCUT2D eigenvalue weighted by atomic mass is 9.78. The molecule has 0 unspecified atom stereocenters. The smallest absolute Gasteiger partial charge is 0.243 e. The summed E-state index contributed by atoms with van der Waals surface area (Å²) in [6, 6.07) is 0.0976. The number of carbonyl (C=O) groups is 2. The monoisotopic (exact) mass is 391 g/mol. The van der Waals surface area contributed by atoms with Crippen molar-refractivity contribution in [3.8, 4) is 0 Å². The van der Waals surface area contributed by atoms with E-state index in [2.05, 4.69) is 34.3 Å². The Morgan fingerprint density at radius 2 is 1.89 bits per heavy atom. The molecule has 0 spiro atoms. The van der Waals surface area contributed by atoms with E-state index in [4.69, 9.17) is 0 Å². The molecule has 2 aliphatic heterocycles. The Bertz CT molecular complexity index is 708. The first kappa shape index (κ1) is 18.7. The first-order chi connectivity index (χ1) is 13.0. The van der Waals surface area contributed by atoms with Crippen LogP contribution in [0, 0.1) is 11.8 Å². The molecule has 0 bridgehead atoms. The molecule has 2 amide bonds. The van der Waals surface area contributed by atoms with E-state index in [1.807, 2.05) is 0 Å². The zero-order valence-electron chi connectivity index (χ0n) is 16.2. The van der Waals surface area contributed by atoms with Crippen molar-refractivity contribution in [3.63, 3.8) is 0 Å². The normalized spacial score (nSPS) is 31.6. The fraction of sp³-hybridized carbons (Fsp3) is 0.789. The Morgan fingerprint density at radius 1 is 1.07 bits per heavy atom. The van der Waals surface area contributed by atoms with E-state index in [9.17, 15) is 9.59 Å². The van der Waals surface area contributed by atoms with Crippen LogP contribution in [0.3, 0.4) is 0 Å². The maximum atomic E-state index is 13.0. The number of rotatable bonds is 4. The Kier molecular flexibility index (Phi) is 5.34. The average molecular weight is 392 g/mol. The van der Waals surface area contributed by atoms with Crippen molar-refractivity contribution in [1.82, 2.24) is 15.5 Å². The number of hydrogen-bond acceptors (Lipinski definition) is 6. The van der Waals surface area contributed by atoms with Crippen molar-refractivity contribution in [2.24, 2.45) is 11.8 Å². The van der Waals surface area contributed by atoms with Crippen LogP contribution in [0.5, 0.6) is 0 Å². The van der Waals surface area contributed by atoms with Crippen LogP contribution in [-0.4, -0.2) is 47.2 Å². The van der Waals surface area contributed by atoms with Gasteiger partial charge in [0.25, 0.3) is 0 Å². The minimum atomic E-state index is -0.176. The molecule has 7 nitrogen and oxygen atoms in total. The van der Waals surface area contributed by atoms with E-state index in [0.29, 0.717) is 23.4 Å². The zero-order valence-corrected chi connectivity index (χ0v) is 17.0. The first-order valence-electron chi connectivity index (χ1n) is 10.3. The molecule has 8 heteroatoms. The number of amides is 2. The highest BCUT2D eigenvalue weighted by Crippen LogP contribution is 2.34. The van der Waals surface area contributed by atoms with Crippen molar-refractivity contribution in [2.45, 2.75) is 70.9 Å². The van der Waals surface area contributed by atoms with Crippen molar-refractivity contribution < 1.29 is 9.59 Å². The first-order valence-corrected chi connectivity index (χ1v) is 11.1. The number of hydrogen-bond donors (Lipinski definition) is 1. The van der Waals surface area contributed by atoms with Crippen LogP contribution < -0.4 is 15.1 Å². The lowest BCUT2D eigenvalue weighted by Crippen LogP contribution is -2.50. The Balaban J connectivity index is 1.43. The predicted octanol–water partition coefficient (Wildman–Crippen LogP) is 2.57. The summed E-state index contributed by atoms with van der Waals surface area (Å²) in [6.45, 7) is 6.07. The van der Waals surface area contributed by atoms with E-state index in [-0.39, 0.29) is 23.9 Å². The highest BCUT2D eigenvalue weighted by atomic mass is 32.1. The van der Waals surface area contributed by atoms with E-state index < -0.39 is 0 Å². The van der Waals surface area contributed by atoms with Gasteiger partial charge in [-0.15, -0.1) is 10.2 Å². The number of aromatic nitrogens is 2. The van der Waals surface area contributed by atoms with Crippen LogP contribution in [0.1, 0.15) is 58.8 Å². The SMILES string of the molecule is C[C@H]1[C@H](C)CCC[C@@H]1NC(=O)[C@@H]1CCCN1c1nnc(N2CCCC2=O)s1. The number of nitrogens with zero attached hydrogens (tertiary/aromatic N) is 4. The van der Waals surface area contributed by atoms with Gasteiger partial charge in [-0.3, -0.25) is 14.5 Å². The van der Waals surface area contributed by atoms with Gasteiger partial charge in [-0.1, -0.05) is 38.0 Å². The molecule has 2 saturated heterocycles. The van der Waals surface area contributed by atoms with Crippen molar-refractivity contribution >= 4 is 33.4 Å². The van der Waals surface area contributed by atoms with Gasteiger partial charge in [0.1, 0.15) is 6.04 Å². The summed E-state index contributed by atoms with van der Waals surface area (Å²) in [7, 11) is 0. The van der Waals surface area contributed by atoms with Crippen LogP contribution in [0.4, 0.5) is 10.3 Å². The Labute approximate surface area is 164 Å². The minimum absolute atomic E-state index is 0.118. The average Bonchev–Trinajstić information content (AvgIpc) is 3.38. The number of carbonyl (C=O) groups excluding carboxylic acids is 2. The summed E-state index contributed by atoms with van der Waals surface area (Å²) in [4.78, 5) is 28.7.